The Labute approximate surface area is 178 Å². The fourth-order valence-corrected chi connectivity index (χ4v) is 5.55. The number of rotatable bonds is 2. The van der Waals surface area contributed by atoms with Crippen LogP contribution in [0.2, 0.25) is 0 Å². The van der Waals surface area contributed by atoms with Crippen LogP contribution < -0.4 is 5.46 Å². The van der Waals surface area contributed by atoms with Crippen LogP contribution in [0.25, 0.3) is 0 Å². The average Bonchev–Trinajstić information content (AvgIpc) is 3.04. The molecule has 1 aromatic rings. The molecule has 0 aromatic heterocycles. The predicted molar refractivity (Wildman–Crippen MR) is 118 cm³/mol. The molecule has 4 nitrogen and oxygen atoms in total. The zero-order chi connectivity index (χ0) is 20.2. The maximum atomic E-state index is 6.00. The Morgan fingerprint density at radius 3 is 2.17 bits per heavy atom. The molecular formula is C22H28B2O4S. The van der Waals surface area contributed by atoms with E-state index in [0.717, 1.165) is 43.8 Å². The van der Waals surface area contributed by atoms with Crippen LogP contribution >= 0.6 is 11.8 Å². The van der Waals surface area contributed by atoms with Gasteiger partial charge in [-0.3, -0.25) is 0 Å². The van der Waals surface area contributed by atoms with E-state index < -0.39 is 0 Å². The van der Waals surface area contributed by atoms with Gasteiger partial charge in [-0.2, -0.15) is 0 Å². The molecule has 0 bridgehead atoms. The summed E-state index contributed by atoms with van der Waals surface area (Å²) in [6.07, 6.45) is 5.56. The van der Waals surface area contributed by atoms with E-state index >= 15 is 0 Å². The fourth-order valence-electron chi connectivity index (χ4n) is 4.21. The lowest BCUT2D eigenvalue weighted by Gasteiger charge is -2.34. The summed E-state index contributed by atoms with van der Waals surface area (Å²) in [5, 5.41) is 0. The number of hydrogen-bond acceptors (Lipinski definition) is 5. The maximum Gasteiger partial charge on any atom is 0.493 e. The molecule has 5 rings (SSSR count). The lowest BCUT2D eigenvalue weighted by atomic mass is 9.71. The van der Waals surface area contributed by atoms with E-state index in [1.54, 1.807) is 0 Å². The Morgan fingerprint density at radius 2 is 1.52 bits per heavy atom. The van der Waals surface area contributed by atoms with Crippen LogP contribution in [0, 0.1) is 10.8 Å². The molecule has 3 aliphatic heterocycles. The van der Waals surface area contributed by atoms with Crippen molar-refractivity contribution in [2.45, 2.75) is 44.9 Å². The highest BCUT2D eigenvalue weighted by Crippen LogP contribution is 2.52. The fraction of sp³-hybridized carbons (Fsp3) is 0.545. The van der Waals surface area contributed by atoms with Crippen molar-refractivity contribution >= 4 is 31.5 Å². The minimum Gasteiger partial charge on any atom is -0.407 e. The van der Waals surface area contributed by atoms with Gasteiger partial charge in [0, 0.05) is 48.1 Å². The summed E-state index contributed by atoms with van der Waals surface area (Å²) in [7, 11) is -0.490. The van der Waals surface area contributed by atoms with Gasteiger partial charge in [-0.25, -0.2) is 0 Å². The molecule has 0 spiro atoms. The van der Waals surface area contributed by atoms with Crippen molar-refractivity contribution < 1.29 is 18.6 Å². The second-order valence-corrected chi connectivity index (χ2v) is 11.3. The molecule has 152 valence electrons. The molecule has 29 heavy (non-hydrogen) atoms. The smallest absolute Gasteiger partial charge is 0.407 e. The largest absolute Gasteiger partial charge is 0.493 e. The van der Waals surface area contributed by atoms with E-state index in [9.17, 15) is 0 Å². The first kappa shape index (κ1) is 20.0. The molecule has 1 unspecified atom stereocenters. The molecule has 4 aliphatic rings. The molecule has 0 saturated carbocycles. The maximum absolute atomic E-state index is 6.00. The van der Waals surface area contributed by atoms with Crippen LogP contribution in [0.5, 0.6) is 0 Å². The summed E-state index contributed by atoms with van der Waals surface area (Å²) in [5.41, 5.74) is 3.86. The van der Waals surface area contributed by atoms with E-state index in [1.165, 1.54) is 15.4 Å². The number of allylic oxidation sites excluding steroid dienone is 4. The highest BCUT2D eigenvalue weighted by atomic mass is 32.2. The topological polar surface area (TPSA) is 36.9 Å². The van der Waals surface area contributed by atoms with Crippen LogP contribution in [0.4, 0.5) is 0 Å². The first-order valence-corrected chi connectivity index (χ1v) is 11.3. The van der Waals surface area contributed by atoms with E-state index in [2.05, 4.69) is 58.0 Å². The van der Waals surface area contributed by atoms with E-state index in [-0.39, 0.29) is 25.1 Å². The molecule has 0 amide bonds. The summed E-state index contributed by atoms with van der Waals surface area (Å²) in [4.78, 5) is 2.70. The third-order valence-electron chi connectivity index (χ3n) is 5.93. The summed E-state index contributed by atoms with van der Waals surface area (Å²) < 4.78 is 24.0. The molecule has 2 fully saturated rings. The van der Waals surface area contributed by atoms with E-state index in [0.29, 0.717) is 5.92 Å². The first-order valence-electron chi connectivity index (χ1n) is 10.5. The zero-order valence-electron chi connectivity index (χ0n) is 17.7. The monoisotopic (exact) mass is 410 g/mol. The van der Waals surface area contributed by atoms with Gasteiger partial charge in [0.05, 0.1) is 0 Å². The van der Waals surface area contributed by atoms with Gasteiger partial charge in [-0.1, -0.05) is 63.7 Å². The third kappa shape index (κ3) is 4.00. The summed E-state index contributed by atoms with van der Waals surface area (Å²) in [6.45, 7) is 11.6. The zero-order valence-corrected chi connectivity index (χ0v) is 18.5. The molecule has 2 saturated heterocycles. The molecule has 0 N–H and O–H groups in total. The van der Waals surface area contributed by atoms with Crippen molar-refractivity contribution in [3.8, 4) is 0 Å². The van der Waals surface area contributed by atoms with Crippen LogP contribution in [-0.4, -0.2) is 40.7 Å². The van der Waals surface area contributed by atoms with Gasteiger partial charge in [0.25, 0.3) is 0 Å². The van der Waals surface area contributed by atoms with Crippen molar-refractivity contribution in [2.24, 2.45) is 10.8 Å². The number of fused-ring (bicyclic) bond motifs is 3. The quantitative estimate of drug-likeness (QED) is 0.691. The SMILES string of the molecule is CC1(C)COB(C2=CCC3C(=C2)Sc2cc(B4OCC(C)(C)CO4)ccc23)OC1. The van der Waals surface area contributed by atoms with Crippen LogP contribution in [0.1, 0.15) is 45.6 Å². The minimum atomic E-state index is -0.258. The number of benzene rings is 1. The summed E-state index contributed by atoms with van der Waals surface area (Å²) >= 11 is 1.86. The second-order valence-electron chi connectivity index (χ2n) is 10.2. The lowest BCUT2D eigenvalue weighted by Crippen LogP contribution is -2.47. The summed E-state index contributed by atoms with van der Waals surface area (Å²) in [6, 6.07) is 6.67. The number of hydrogen-bond donors (Lipinski definition) is 0. The van der Waals surface area contributed by atoms with E-state index in [1.807, 2.05) is 11.8 Å². The van der Waals surface area contributed by atoms with Gasteiger partial charge < -0.3 is 18.6 Å². The van der Waals surface area contributed by atoms with Gasteiger partial charge in [0.15, 0.2) is 0 Å². The average molecular weight is 410 g/mol. The Balaban J connectivity index is 1.30. The Bertz CT molecular complexity index is 860. The van der Waals surface area contributed by atoms with Crippen LogP contribution in [0.3, 0.4) is 0 Å². The normalized spacial score (nSPS) is 27.8. The van der Waals surface area contributed by atoms with Gasteiger partial charge in [-0.15, -0.1) is 0 Å². The van der Waals surface area contributed by atoms with Gasteiger partial charge in [0.1, 0.15) is 0 Å². The van der Waals surface area contributed by atoms with Gasteiger partial charge >= 0.3 is 14.2 Å². The Morgan fingerprint density at radius 1 is 0.897 bits per heavy atom. The highest BCUT2D eigenvalue weighted by Gasteiger charge is 2.39. The van der Waals surface area contributed by atoms with Crippen LogP contribution in [-0.2, 0) is 18.6 Å². The molecule has 1 aliphatic carbocycles. The minimum absolute atomic E-state index is 0.0856. The summed E-state index contributed by atoms with van der Waals surface area (Å²) in [5.74, 6) is 0.444. The molecule has 1 aromatic carbocycles. The van der Waals surface area contributed by atoms with Crippen molar-refractivity contribution in [1.29, 1.82) is 0 Å². The molecule has 3 heterocycles. The predicted octanol–water partition coefficient (Wildman–Crippen LogP) is 3.96. The molecule has 1 atom stereocenters. The molecule has 7 heteroatoms. The third-order valence-corrected chi connectivity index (χ3v) is 7.14. The molecule has 0 radical (unpaired) electrons. The standard InChI is InChI=1S/C22H28B2O4S/c1-21(2)11-25-23(26-12-21)15-5-7-17-18-8-6-16(10-20(18)29-19(17)9-15)24-27-13-22(3,4)14-28-24/h5-7,9-10,18H,8,11-14H2,1-4H3. The van der Waals surface area contributed by atoms with Crippen LogP contribution in [0.15, 0.2) is 45.6 Å². The first-order chi connectivity index (χ1) is 13.8. The van der Waals surface area contributed by atoms with Gasteiger partial charge in [0.2, 0.25) is 0 Å². The Kier molecular flexibility index (Phi) is 5.03. The Hall–Kier alpha value is -0.980. The number of thioether (sulfide) groups is 1. The van der Waals surface area contributed by atoms with Crippen molar-refractivity contribution in [3.63, 3.8) is 0 Å². The van der Waals surface area contributed by atoms with Crippen molar-refractivity contribution in [1.82, 2.24) is 0 Å². The van der Waals surface area contributed by atoms with Gasteiger partial charge in [-0.05, 0) is 33.9 Å². The van der Waals surface area contributed by atoms with E-state index in [4.69, 9.17) is 18.6 Å². The second kappa shape index (κ2) is 7.31. The van der Waals surface area contributed by atoms with Crippen molar-refractivity contribution in [2.75, 3.05) is 26.4 Å². The molecular weight excluding hydrogens is 382 g/mol. The van der Waals surface area contributed by atoms with Crippen molar-refractivity contribution in [3.05, 3.63) is 46.3 Å². The highest BCUT2D eigenvalue weighted by molar-refractivity contribution is 8.03. The lowest BCUT2D eigenvalue weighted by molar-refractivity contribution is 0.0325.